The second-order valence-electron chi connectivity index (χ2n) is 4.70. The van der Waals surface area contributed by atoms with E-state index in [4.69, 9.17) is 4.74 Å². The fourth-order valence-corrected chi connectivity index (χ4v) is 2.20. The number of ether oxygens (including phenoxy) is 1. The van der Waals surface area contributed by atoms with Crippen molar-refractivity contribution < 1.29 is 13.5 Å². The average molecular weight is 271 g/mol. The molecule has 2 nitrogen and oxygen atoms in total. The molecule has 2 atom stereocenters. The van der Waals surface area contributed by atoms with Crippen LogP contribution in [0.2, 0.25) is 0 Å². The molecular weight excluding hydrogens is 248 g/mol. The van der Waals surface area contributed by atoms with Gasteiger partial charge in [-0.05, 0) is 43.5 Å². The van der Waals surface area contributed by atoms with Gasteiger partial charge in [0.05, 0.1) is 6.10 Å². The molecule has 0 saturated heterocycles. The average Bonchev–Trinajstić information content (AvgIpc) is 2.41. The van der Waals surface area contributed by atoms with E-state index in [0.717, 1.165) is 24.9 Å². The predicted octanol–water partition coefficient (Wildman–Crippen LogP) is 3.30. The molecule has 0 heterocycles. The number of hydrogen-bond donors (Lipinski definition) is 1. The Morgan fingerprint density at radius 1 is 1.21 bits per heavy atom. The Morgan fingerprint density at radius 3 is 2.47 bits per heavy atom. The zero-order valence-corrected chi connectivity index (χ0v) is 11.9. The van der Waals surface area contributed by atoms with Crippen LogP contribution in [0.5, 0.6) is 0 Å². The first-order valence-electron chi connectivity index (χ1n) is 6.82. The van der Waals surface area contributed by atoms with Crippen LogP contribution < -0.4 is 5.32 Å². The maximum absolute atomic E-state index is 13.2. The monoisotopic (exact) mass is 271 g/mol. The molecule has 0 aliphatic rings. The smallest absolute Gasteiger partial charge is 0.159 e. The number of benzene rings is 1. The van der Waals surface area contributed by atoms with Gasteiger partial charge in [-0.2, -0.15) is 0 Å². The molecule has 0 aliphatic heterocycles. The van der Waals surface area contributed by atoms with E-state index >= 15 is 0 Å². The van der Waals surface area contributed by atoms with Gasteiger partial charge in [0.25, 0.3) is 0 Å². The van der Waals surface area contributed by atoms with Crippen molar-refractivity contribution in [1.82, 2.24) is 5.32 Å². The Labute approximate surface area is 114 Å². The van der Waals surface area contributed by atoms with Crippen molar-refractivity contribution in [2.45, 2.75) is 45.3 Å². The summed E-state index contributed by atoms with van der Waals surface area (Å²) in [6.45, 7) is 5.03. The van der Waals surface area contributed by atoms with Gasteiger partial charge in [-0.1, -0.05) is 19.9 Å². The van der Waals surface area contributed by atoms with E-state index in [2.05, 4.69) is 19.2 Å². The van der Waals surface area contributed by atoms with E-state index < -0.39 is 11.6 Å². The minimum Gasteiger partial charge on any atom is -0.380 e. The molecule has 108 valence electrons. The number of rotatable bonds is 8. The number of halogens is 2. The molecule has 0 aliphatic carbocycles. The topological polar surface area (TPSA) is 21.3 Å². The summed E-state index contributed by atoms with van der Waals surface area (Å²) < 4.78 is 31.6. The largest absolute Gasteiger partial charge is 0.380 e. The Balaban J connectivity index is 2.77. The molecule has 1 rings (SSSR count). The zero-order valence-electron chi connectivity index (χ0n) is 11.9. The molecule has 1 N–H and O–H groups in total. The van der Waals surface area contributed by atoms with Crippen molar-refractivity contribution in [1.29, 1.82) is 0 Å². The maximum Gasteiger partial charge on any atom is 0.159 e. The Morgan fingerprint density at radius 2 is 1.95 bits per heavy atom. The summed E-state index contributed by atoms with van der Waals surface area (Å²) in [5.74, 6) is -1.60. The van der Waals surface area contributed by atoms with Crippen molar-refractivity contribution in [3.63, 3.8) is 0 Å². The Bertz CT molecular complexity index is 380. The summed E-state index contributed by atoms with van der Waals surface area (Å²) in [5, 5.41) is 3.41. The normalized spacial score (nSPS) is 14.4. The molecule has 4 heteroatoms. The van der Waals surface area contributed by atoms with Crippen molar-refractivity contribution in [3.05, 3.63) is 35.4 Å². The third-order valence-corrected chi connectivity index (χ3v) is 3.25. The molecule has 2 unspecified atom stereocenters. The number of hydrogen-bond acceptors (Lipinski definition) is 2. The quantitative estimate of drug-likeness (QED) is 0.783. The molecule has 1 aromatic carbocycles. The highest BCUT2D eigenvalue weighted by Crippen LogP contribution is 2.14. The highest BCUT2D eigenvalue weighted by atomic mass is 19.2. The van der Waals surface area contributed by atoms with Crippen molar-refractivity contribution in [2.24, 2.45) is 0 Å². The van der Waals surface area contributed by atoms with Gasteiger partial charge in [0, 0.05) is 13.2 Å². The molecular formula is C15H23F2NO. The van der Waals surface area contributed by atoms with Gasteiger partial charge in [-0.3, -0.25) is 0 Å². The first-order chi connectivity index (χ1) is 9.12. The summed E-state index contributed by atoms with van der Waals surface area (Å²) in [4.78, 5) is 0. The molecule has 0 radical (unpaired) electrons. The van der Waals surface area contributed by atoms with E-state index in [1.165, 1.54) is 12.1 Å². The van der Waals surface area contributed by atoms with Crippen LogP contribution in [0, 0.1) is 11.6 Å². The van der Waals surface area contributed by atoms with E-state index in [0.29, 0.717) is 6.42 Å². The van der Waals surface area contributed by atoms with Gasteiger partial charge >= 0.3 is 0 Å². The molecule has 0 saturated carbocycles. The van der Waals surface area contributed by atoms with Gasteiger partial charge < -0.3 is 10.1 Å². The molecule has 0 amide bonds. The molecule has 0 aromatic heterocycles. The molecule has 0 bridgehead atoms. The third-order valence-electron chi connectivity index (χ3n) is 3.25. The highest BCUT2D eigenvalue weighted by Gasteiger charge is 2.19. The fraction of sp³-hybridized carbons (Fsp3) is 0.600. The van der Waals surface area contributed by atoms with E-state index in [1.807, 2.05) is 0 Å². The summed E-state index contributed by atoms with van der Waals surface area (Å²) in [5.41, 5.74) is 0.781. The van der Waals surface area contributed by atoms with Gasteiger partial charge in [-0.15, -0.1) is 0 Å². The van der Waals surface area contributed by atoms with Crippen molar-refractivity contribution >= 4 is 0 Å². The molecule has 1 aromatic rings. The lowest BCUT2D eigenvalue weighted by Crippen LogP contribution is -2.42. The van der Waals surface area contributed by atoms with Crippen molar-refractivity contribution in [3.8, 4) is 0 Å². The highest BCUT2D eigenvalue weighted by molar-refractivity contribution is 5.19. The first-order valence-corrected chi connectivity index (χ1v) is 6.82. The van der Waals surface area contributed by atoms with Crippen LogP contribution in [0.25, 0.3) is 0 Å². The van der Waals surface area contributed by atoms with Crippen molar-refractivity contribution in [2.75, 3.05) is 13.7 Å². The van der Waals surface area contributed by atoms with Crippen LogP contribution in [0.4, 0.5) is 8.78 Å². The van der Waals surface area contributed by atoms with Crippen LogP contribution in [0.3, 0.4) is 0 Å². The van der Waals surface area contributed by atoms with E-state index in [9.17, 15) is 8.78 Å². The third kappa shape index (κ3) is 4.88. The van der Waals surface area contributed by atoms with Crippen LogP contribution in [-0.2, 0) is 11.2 Å². The van der Waals surface area contributed by atoms with E-state index in [1.54, 1.807) is 13.2 Å². The van der Waals surface area contributed by atoms with Crippen LogP contribution in [0.1, 0.15) is 32.3 Å². The SMILES string of the molecule is CCCNC(Cc1ccc(F)c(F)c1)C(CC)OC. The van der Waals surface area contributed by atoms with Gasteiger partial charge in [-0.25, -0.2) is 8.78 Å². The summed E-state index contributed by atoms with van der Waals surface area (Å²) in [6.07, 6.45) is 2.60. The molecule has 0 fully saturated rings. The maximum atomic E-state index is 13.2. The fourth-order valence-electron chi connectivity index (χ4n) is 2.20. The minimum atomic E-state index is -0.805. The number of nitrogens with one attached hydrogen (secondary N) is 1. The zero-order chi connectivity index (χ0) is 14.3. The second-order valence-corrected chi connectivity index (χ2v) is 4.70. The lowest BCUT2D eigenvalue weighted by Gasteiger charge is -2.26. The lowest BCUT2D eigenvalue weighted by atomic mass is 9.99. The lowest BCUT2D eigenvalue weighted by molar-refractivity contribution is 0.0653. The summed E-state index contributed by atoms with van der Waals surface area (Å²) in [6, 6.07) is 4.18. The summed E-state index contributed by atoms with van der Waals surface area (Å²) >= 11 is 0. The van der Waals surface area contributed by atoms with Crippen LogP contribution in [-0.4, -0.2) is 25.8 Å². The standard InChI is InChI=1S/C15H23F2NO/c1-4-8-18-14(15(5-2)19-3)10-11-6-7-12(16)13(17)9-11/h6-7,9,14-15,18H,4-5,8,10H2,1-3H3. The Hall–Kier alpha value is -1.00. The minimum absolute atomic E-state index is 0.0691. The van der Waals surface area contributed by atoms with Crippen LogP contribution >= 0.6 is 0 Å². The second kappa shape index (κ2) is 8.23. The van der Waals surface area contributed by atoms with Crippen LogP contribution in [0.15, 0.2) is 18.2 Å². The van der Waals surface area contributed by atoms with E-state index in [-0.39, 0.29) is 12.1 Å². The van der Waals surface area contributed by atoms with Gasteiger partial charge in [0.15, 0.2) is 11.6 Å². The number of methoxy groups -OCH3 is 1. The molecule has 19 heavy (non-hydrogen) atoms. The molecule has 0 spiro atoms. The Kier molecular flexibility index (Phi) is 6.95. The van der Waals surface area contributed by atoms with Gasteiger partial charge in [0.1, 0.15) is 0 Å². The predicted molar refractivity (Wildman–Crippen MR) is 73.2 cm³/mol. The van der Waals surface area contributed by atoms with Gasteiger partial charge in [0.2, 0.25) is 0 Å². The summed E-state index contributed by atoms with van der Waals surface area (Å²) in [7, 11) is 1.68. The first kappa shape index (κ1) is 16.1.